The predicted octanol–water partition coefficient (Wildman–Crippen LogP) is 2.29. The fourth-order valence-electron chi connectivity index (χ4n) is 2.36. The Labute approximate surface area is 120 Å². The van der Waals surface area contributed by atoms with Crippen LogP contribution in [0.15, 0.2) is 36.9 Å². The quantitative estimate of drug-likeness (QED) is 0.523. The van der Waals surface area contributed by atoms with Crippen molar-refractivity contribution in [3.8, 4) is 0 Å². The molecular weight excluding hydrogens is 278 g/mol. The Morgan fingerprint density at radius 1 is 1.35 bits per heavy atom. The molecular formula is C14H13NO4S. The number of Topliss-reactive ketones (excluding diaryl/α,β-unsaturated/α-hetero) is 2. The van der Waals surface area contributed by atoms with Crippen molar-refractivity contribution in [3.63, 3.8) is 0 Å². The highest BCUT2D eigenvalue weighted by Crippen LogP contribution is 2.41. The van der Waals surface area contributed by atoms with Crippen LogP contribution in [0.25, 0.3) is 0 Å². The van der Waals surface area contributed by atoms with E-state index in [1.165, 1.54) is 6.08 Å². The van der Waals surface area contributed by atoms with E-state index in [1.54, 1.807) is 30.5 Å². The molecule has 1 N–H and O–H groups in total. The van der Waals surface area contributed by atoms with Gasteiger partial charge in [-0.2, -0.15) is 0 Å². The lowest BCUT2D eigenvalue weighted by atomic mass is 10.1. The first-order valence-electron chi connectivity index (χ1n) is 5.86. The van der Waals surface area contributed by atoms with Gasteiger partial charge in [-0.05, 0) is 6.26 Å². The Morgan fingerprint density at radius 2 is 1.85 bits per heavy atom. The first-order valence-corrected chi connectivity index (χ1v) is 7.08. The highest BCUT2D eigenvalue weighted by molar-refractivity contribution is 8.01. The predicted molar refractivity (Wildman–Crippen MR) is 76.3 cm³/mol. The van der Waals surface area contributed by atoms with Crippen molar-refractivity contribution >= 4 is 29.4 Å². The number of carbonyl (C=O) groups excluding carboxylic acids is 2. The zero-order valence-electron chi connectivity index (χ0n) is 10.8. The van der Waals surface area contributed by atoms with Gasteiger partial charge < -0.3 is 5.11 Å². The van der Waals surface area contributed by atoms with Crippen LogP contribution in [0.2, 0.25) is 0 Å². The standard InChI is InChI=1S/C14H13NO4S/c1-3-8-15(13(18)19)14(20-2)11(16)9-6-4-5-7-10(9)12(14)17/h3-7H,1,8H2,2H3,(H,18,19). The van der Waals surface area contributed by atoms with Crippen LogP contribution in [-0.2, 0) is 0 Å². The average molecular weight is 291 g/mol. The topological polar surface area (TPSA) is 74.7 Å². The maximum absolute atomic E-state index is 12.6. The minimum atomic E-state index is -1.75. The second-order valence-corrected chi connectivity index (χ2v) is 5.23. The van der Waals surface area contributed by atoms with E-state index in [-0.39, 0.29) is 17.7 Å². The maximum atomic E-state index is 12.6. The van der Waals surface area contributed by atoms with Gasteiger partial charge in [-0.15, -0.1) is 18.3 Å². The first kappa shape index (κ1) is 14.3. The molecule has 104 valence electrons. The largest absolute Gasteiger partial charge is 0.465 e. The van der Waals surface area contributed by atoms with Gasteiger partial charge in [-0.3, -0.25) is 14.5 Å². The summed E-state index contributed by atoms with van der Waals surface area (Å²) in [6, 6.07) is 6.39. The van der Waals surface area contributed by atoms with E-state index < -0.39 is 22.5 Å². The number of hydrogen-bond donors (Lipinski definition) is 1. The number of nitrogens with zero attached hydrogens (tertiary/aromatic N) is 1. The number of carbonyl (C=O) groups is 3. The van der Waals surface area contributed by atoms with E-state index in [2.05, 4.69) is 6.58 Å². The molecule has 0 bridgehead atoms. The molecule has 1 aliphatic rings. The lowest BCUT2D eigenvalue weighted by Gasteiger charge is -2.34. The number of thioether (sulfide) groups is 1. The molecule has 0 unspecified atom stereocenters. The molecule has 0 heterocycles. The number of ketones is 2. The van der Waals surface area contributed by atoms with E-state index in [0.717, 1.165) is 16.7 Å². The van der Waals surface area contributed by atoms with Crippen LogP contribution in [0.5, 0.6) is 0 Å². The van der Waals surface area contributed by atoms with Crippen molar-refractivity contribution in [2.24, 2.45) is 0 Å². The van der Waals surface area contributed by atoms with Crippen molar-refractivity contribution < 1.29 is 19.5 Å². The summed E-state index contributed by atoms with van der Waals surface area (Å²) in [7, 11) is 0. The molecule has 5 nitrogen and oxygen atoms in total. The SMILES string of the molecule is C=CCN(C(=O)O)C1(SC)C(=O)c2ccccc2C1=O. The number of benzene rings is 1. The Bertz CT molecular complexity index is 576. The van der Waals surface area contributed by atoms with Gasteiger partial charge in [0.1, 0.15) is 0 Å². The average Bonchev–Trinajstić information content (AvgIpc) is 2.67. The minimum Gasteiger partial charge on any atom is -0.465 e. The summed E-state index contributed by atoms with van der Waals surface area (Å²) in [5.74, 6) is -0.982. The summed E-state index contributed by atoms with van der Waals surface area (Å²) in [6.45, 7) is 3.39. The second kappa shape index (κ2) is 5.13. The number of amides is 1. The van der Waals surface area contributed by atoms with Gasteiger partial charge in [0.15, 0.2) is 0 Å². The summed E-state index contributed by atoms with van der Waals surface area (Å²) in [5, 5.41) is 9.34. The smallest absolute Gasteiger partial charge is 0.409 e. The van der Waals surface area contributed by atoms with Crippen LogP contribution in [0.1, 0.15) is 20.7 Å². The van der Waals surface area contributed by atoms with Gasteiger partial charge in [-0.1, -0.05) is 30.3 Å². The van der Waals surface area contributed by atoms with Crippen LogP contribution in [0.3, 0.4) is 0 Å². The van der Waals surface area contributed by atoms with Crippen molar-refractivity contribution in [2.45, 2.75) is 4.87 Å². The Hall–Kier alpha value is -2.08. The maximum Gasteiger partial charge on any atom is 0.409 e. The summed E-state index contributed by atoms with van der Waals surface area (Å²) < 4.78 is 0. The summed E-state index contributed by atoms with van der Waals surface area (Å²) in [4.78, 5) is 35.7. The third-order valence-electron chi connectivity index (χ3n) is 3.25. The molecule has 2 rings (SSSR count). The lowest BCUT2D eigenvalue weighted by Crippen LogP contribution is -2.56. The minimum absolute atomic E-state index is 0.0956. The van der Waals surface area contributed by atoms with Crippen LogP contribution in [0, 0.1) is 0 Å². The van der Waals surface area contributed by atoms with Crippen LogP contribution < -0.4 is 0 Å². The molecule has 0 atom stereocenters. The number of carboxylic acid groups (broad SMARTS) is 1. The summed E-state index contributed by atoms with van der Waals surface area (Å²) in [6.07, 6.45) is 1.59. The molecule has 1 aliphatic carbocycles. The fraction of sp³-hybridized carbons (Fsp3) is 0.214. The second-order valence-electron chi connectivity index (χ2n) is 4.23. The molecule has 20 heavy (non-hydrogen) atoms. The molecule has 0 spiro atoms. The van der Waals surface area contributed by atoms with Crippen molar-refractivity contribution in [3.05, 3.63) is 48.0 Å². The highest BCUT2D eigenvalue weighted by Gasteiger charge is 2.58. The van der Waals surface area contributed by atoms with Crippen LogP contribution in [0.4, 0.5) is 4.79 Å². The fourth-order valence-corrected chi connectivity index (χ4v) is 3.32. The monoisotopic (exact) mass is 291 g/mol. The van der Waals surface area contributed by atoms with Gasteiger partial charge in [0.25, 0.3) is 0 Å². The molecule has 1 aromatic carbocycles. The van der Waals surface area contributed by atoms with Gasteiger partial charge in [0, 0.05) is 17.7 Å². The van der Waals surface area contributed by atoms with Gasteiger partial charge in [0.05, 0.1) is 0 Å². The molecule has 0 aliphatic heterocycles. The van der Waals surface area contributed by atoms with Crippen LogP contribution in [-0.4, -0.2) is 45.3 Å². The van der Waals surface area contributed by atoms with E-state index in [0.29, 0.717) is 0 Å². The van der Waals surface area contributed by atoms with Crippen molar-refractivity contribution in [1.82, 2.24) is 4.90 Å². The molecule has 1 amide bonds. The van der Waals surface area contributed by atoms with Gasteiger partial charge >= 0.3 is 6.09 Å². The van der Waals surface area contributed by atoms with E-state index >= 15 is 0 Å². The summed E-state index contributed by atoms with van der Waals surface area (Å²) in [5.41, 5.74) is 0.532. The molecule has 0 radical (unpaired) electrons. The third kappa shape index (κ3) is 1.76. The molecule has 6 heteroatoms. The van der Waals surface area contributed by atoms with Gasteiger partial charge in [-0.25, -0.2) is 4.79 Å². The molecule has 0 saturated heterocycles. The first-order chi connectivity index (χ1) is 9.50. The number of hydrogen-bond acceptors (Lipinski definition) is 4. The summed E-state index contributed by atoms with van der Waals surface area (Å²) >= 11 is 0.927. The van der Waals surface area contributed by atoms with E-state index in [1.807, 2.05) is 0 Å². The molecule has 0 saturated carbocycles. The molecule has 0 aromatic heterocycles. The number of rotatable bonds is 4. The van der Waals surface area contributed by atoms with Crippen molar-refractivity contribution in [1.29, 1.82) is 0 Å². The van der Waals surface area contributed by atoms with Crippen molar-refractivity contribution in [2.75, 3.05) is 12.8 Å². The third-order valence-corrected chi connectivity index (χ3v) is 4.43. The zero-order valence-corrected chi connectivity index (χ0v) is 11.6. The Balaban J connectivity index is 2.63. The van der Waals surface area contributed by atoms with Crippen LogP contribution >= 0.6 is 11.8 Å². The molecule has 1 aromatic rings. The normalized spacial score (nSPS) is 15.8. The molecule has 0 fully saturated rings. The zero-order chi connectivity index (χ0) is 14.9. The van der Waals surface area contributed by atoms with E-state index in [9.17, 15) is 19.5 Å². The Morgan fingerprint density at radius 3 is 2.20 bits per heavy atom. The number of fused-ring (bicyclic) bond motifs is 1. The van der Waals surface area contributed by atoms with Gasteiger partial charge in [0.2, 0.25) is 16.4 Å². The highest BCUT2D eigenvalue weighted by atomic mass is 32.2. The Kier molecular flexibility index (Phi) is 3.67. The van der Waals surface area contributed by atoms with E-state index in [4.69, 9.17) is 0 Å². The lowest BCUT2D eigenvalue weighted by molar-refractivity contribution is 0.0673.